The molecule has 4 fully saturated rings. The number of hydrogen-bond acceptors (Lipinski definition) is 9. The molecule has 1 aromatic heterocycles. The monoisotopic (exact) mass is 579 g/mol. The lowest BCUT2D eigenvalue weighted by Gasteiger charge is -2.45. The van der Waals surface area contributed by atoms with Crippen molar-refractivity contribution in [3.8, 4) is 0 Å². The average molecular weight is 580 g/mol. The number of rotatable bonds is 2. The molecule has 0 bridgehead atoms. The first-order valence-electron chi connectivity index (χ1n) is 14.8. The van der Waals surface area contributed by atoms with Gasteiger partial charge in [-0.05, 0) is 61.7 Å². The quantitative estimate of drug-likeness (QED) is 0.315. The van der Waals surface area contributed by atoms with E-state index < -0.39 is 46.6 Å². The second kappa shape index (κ2) is 8.18. The number of hydrogen-bond donors (Lipinski definition) is 0. The third-order valence-corrected chi connectivity index (χ3v) is 10.3. The van der Waals surface area contributed by atoms with Crippen LogP contribution in [-0.4, -0.2) is 54.5 Å². The Bertz CT molecular complexity index is 1980. The zero-order valence-corrected chi connectivity index (χ0v) is 23.9. The summed E-state index contributed by atoms with van der Waals surface area (Å²) in [4.78, 5) is 45.3. The Labute approximate surface area is 246 Å². The van der Waals surface area contributed by atoms with Gasteiger partial charge < -0.3 is 23.4 Å². The molecular weight excluding hydrogens is 550 g/mol. The summed E-state index contributed by atoms with van der Waals surface area (Å²) >= 11 is 0. The predicted octanol–water partition coefficient (Wildman–Crippen LogP) is 4.62. The fourth-order valence-corrected chi connectivity index (χ4v) is 9.06. The highest BCUT2D eigenvalue weighted by molar-refractivity contribution is 6.21. The molecule has 4 aromatic rings. The Balaban J connectivity index is 1.46. The smallest absolute Gasteiger partial charge is 0.345 e. The van der Waals surface area contributed by atoms with Gasteiger partial charge in [-0.2, -0.15) is 0 Å². The first kappa shape index (κ1) is 25.6. The summed E-state index contributed by atoms with van der Waals surface area (Å²) in [7, 11) is 1.23. The van der Waals surface area contributed by atoms with Crippen LogP contribution >= 0.6 is 0 Å². The summed E-state index contributed by atoms with van der Waals surface area (Å²) < 4.78 is 31.9. The molecule has 43 heavy (non-hydrogen) atoms. The van der Waals surface area contributed by atoms with E-state index in [1.165, 1.54) is 7.11 Å². The zero-order chi connectivity index (χ0) is 29.5. The fourth-order valence-electron chi connectivity index (χ4n) is 9.06. The van der Waals surface area contributed by atoms with Crippen LogP contribution in [0.15, 0.2) is 69.9 Å². The second-order valence-corrected chi connectivity index (χ2v) is 12.6. The van der Waals surface area contributed by atoms with Crippen LogP contribution in [0.3, 0.4) is 0 Å². The summed E-state index contributed by atoms with van der Waals surface area (Å²) in [6.07, 6.45) is 0.192. The Morgan fingerprint density at radius 3 is 2.58 bits per heavy atom. The van der Waals surface area contributed by atoms with Gasteiger partial charge in [0.05, 0.1) is 12.5 Å². The topological polar surface area (TPSA) is 105 Å². The van der Waals surface area contributed by atoms with Crippen LogP contribution in [0.5, 0.6) is 0 Å². The number of nitrogens with zero attached hydrogens (tertiary/aromatic N) is 1. The zero-order valence-electron chi connectivity index (χ0n) is 23.9. The molecule has 5 aliphatic rings. The van der Waals surface area contributed by atoms with Gasteiger partial charge in [0.2, 0.25) is 5.43 Å². The van der Waals surface area contributed by atoms with Crippen LogP contribution in [0.4, 0.5) is 0 Å². The molecule has 1 spiro atoms. The first-order valence-corrected chi connectivity index (χ1v) is 14.8. The highest BCUT2D eigenvalue weighted by atomic mass is 16.8. The third kappa shape index (κ3) is 2.80. The summed E-state index contributed by atoms with van der Waals surface area (Å²) in [5.41, 5.74) is -2.29. The first-order chi connectivity index (χ1) is 20.7. The van der Waals surface area contributed by atoms with Gasteiger partial charge in [-0.3, -0.25) is 14.5 Å². The van der Waals surface area contributed by atoms with Crippen LogP contribution in [0, 0.1) is 5.92 Å². The number of benzene rings is 3. The molecule has 1 unspecified atom stereocenters. The maximum Gasteiger partial charge on any atom is 0.345 e. The third-order valence-electron chi connectivity index (χ3n) is 10.3. The van der Waals surface area contributed by atoms with Gasteiger partial charge in [0.1, 0.15) is 22.8 Å². The maximum absolute atomic E-state index is 15.3. The summed E-state index contributed by atoms with van der Waals surface area (Å²) in [5.74, 6) is -2.46. The van der Waals surface area contributed by atoms with Gasteiger partial charge in [0, 0.05) is 17.5 Å². The minimum absolute atomic E-state index is 0.0139. The number of fused-ring (bicyclic) bond motifs is 9. The lowest BCUT2D eigenvalue weighted by atomic mass is 9.66. The SMILES string of the molecule is COC(=O)c1c([C@@]23O[C@H]4OC(C)(C)O[C@H]4[C@@H]2C2CCCN2[C@]32C(=O)c3cccc4cccc2c34)oc2ccccc2c1=O. The number of ketones is 1. The lowest BCUT2D eigenvalue weighted by Crippen LogP contribution is -2.59. The molecule has 1 aliphatic carbocycles. The number of Topliss-reactive ketones (excluding diaryl/α,β-unsaturated/α-hetero) is 1. The highest BCUT2D eigenvalue weighted by Crippen LogP contribution is 2.71. The van der Waals surface area contributed by atoms with Crippen molar-refractivity contribution in [3.63, 3.8) is 0 Å². The van der Waals surface area contributed by atoms with E-state index >= 15 is 4.79 Å². The van der Waals surface area contributed by atoms with Gasteiger partial charge in [-0.15, -0.1) is 0 Å². The molecule has 218 valence electrons. The normalized spacial score (nSPS) is 33.4. The average Bonchev–Trinajstić information content (AvgIpc) is 3.76. The summed E-state index contributed by atoms with van der Waals surface area (Å²) in [6, 6.07) is 18.2. The molecule has 0 saturated carbocycles. The number of ether oxygens (including phenoxy) is 4. The van der Waals surface area contributed by atoms with Crippen molar-refractivity contribution in [1.29, 1.82) is 0 Å². The van der Waals surface area contributed by atoms with Crippen LogP contribution in [-0.2, 0) is 30.1 Å². The Morgan fingerprint density at radius 1 is 0.977 bits per heavy atom. The molecule has 6 atom stereocenters. The lowest BCUT2D eigenvalue weighted by molar-refractivity contribution is -0.248. The van der Waals surface area contributed by atoms with E-state index in [1.807, 2.05) is 50.2 Å². The number of esters is 1. The van der Waals surface area contributed by atoms with E-state index in [0.29, 0.717) is 12.1 Å². The molecule has 9 rings (SSSR count). The highest BCUT2D eigenvalue weighted by Gasteiger charge is 2.84. The Kier molecular flexibility index (Phi) is 4.87. The number of methoxy groups -OCH3 is 1. The largest absolute Gasteiger partial charge is 0.465 e. The minimum atomic E-state index is -1.65. The number of carbonyl (C=O) groups excluding carboxylic acids is 2. The van der Waals surface area contributed by atoms with Gasteiger partial charge in [-0.1, -0.05) is 48.5 Å². The molecule has 0 radical (unpaired) electrons. The molecule has 9 nitrogen and oxygen atoms in total. The van der Waals surface area contributed by atoms with Gasteiger partial charge in [0.25, 0.3) is 0 Å². The van der Waals surface area contributed by atoms with Crippen molar-refractivity contribution >= 4 is 33.5 Å². The van der Waals surface area contributed by atoms with E-state index in [9.17, 15) is 9.59 Å². The van der Waals surface area contributed by atoms with Crippen LogP contribution in [0.1, 0.15) is 58.7 Å². The van der Waals surface area contributed by atoms with Crippen molar-refractivity contribution in [2.75, 3.05) is 13.7 Å². The summed E-state index contributed by atoms with van der Waals surface area (Å²) in [5, 5.41) is 2.00. The van der Waals surface area contributed by atoms with E-state index in [1.54, 1.807) is 24.3 Å². The van der Waals surface area contributed by atoms with Crippen LogP contribution in [0.25, 0.3) is 21.7 Å². The molecule has 0 N–H and O–H groups in total. The van der Waals surface area contributed by atoms with Crippen molar-refractivity contribution in [1.82, 2.24) is 4.90 Å². The predicted molar refractivity (Wildman–Crippen MR) is 154 cm³/mol. The maximum atomic E-state index is 15.3. The fraction of sp³-hybridized carbons (Fsp3) is 0.382. The molecule has 0 amide bonds. The van der Waals surface area contributed by atoms with Crippen molar-refractivity contribution in [3.05, 3.63) is 93.3 Å². The van der Waals surface area contributed by atoms with Crippen molar-refractivity contribution in [2.45, 2.75) is 62.1 Å². The standard InChI is InChI=1S/C34H29NO8/c1-32(2)41-27-25-21-14-8-16-35(21)33(20-13-7-10-17-9-6-12-19(23(17)20)28(33)37)34(25,43-31(27)42-32)29-24(30(38)39-3)26(36)18-11-4-5-15-22(18)40-29/h4-7,9-13,15,21,25,27,31H,8,14,16H2,1-3H3/t21?,25-,27-,31+,33+,34-/m0/s1. The molecule has 4 saturated heterocycles. The van der Waals surface area contributed by atoms with E-state index in [2.05, 4.69) is 4.90 Å². The second-order valence-electron chi connectivity index (χ2n) is 12.6. The van der Waals surface area contributed by atoms with E-state index in [-0.39, 0.29) is 34.1 Å². The summed E-state index contributed by atoms with van der Waals surface area (Å²) in [6.45, 7) is 4.29. The Hall–Kier alpha value is -3.89. The van der Waals surface area contributed by atoms with Crippen molar-refractivity contribution in [2.24, 2.45) is 5.92 Å². The molecule has 5 heterocycles. The number of carbonyl (C=O) groups is 2. The van der Waals surface area contributed by atoms with Crippen molar-refractivity contribution < 1.29 is 33.0 Å². The van der Waals surface area contributed by atoms with Gasteiger partial charge in [0.15, 0.2) is 29.2 Å². The van der Waals surface area contributed by atoms with Crippen LogP contribution < -0.4 is 5.43 Å². The number of para-hydroxylation sites is 1. The van der Waals surface area contributed by atoms with Gasteiger partial charge in [-0.25, -0.2) is 4.79 Å². The van der Waals surface area contributed by atoms with E-state index in [4.69, 9.17) is 23.4 Å². The minimum Gasteiger partial charge on any atom is -0.465 e. The molecule has 3 aromatic carbocycles. The molecule has 4 aliphatic heterocycles. The van der Waals surface area contributed by atoms with Crippen LogP contribution in [0.2, 0.25) is 0 Å². The van der Waals surface area contributed by atoms with Gasteiger partial charge >= 0.3 is 5.97 Å². The van der Waals surface area contributed by atoms with E-state index in [0.717, 1.165) is 29.2 Å². The molecular formula is C34H29NO8. The molecule has 9 heteroatoms. The Morgan fingerprint density at radius 2 is 1.77 bits per heavy atom.